The van der Waals surface area contributed by atoms with E-state index in [9.17, 15) is 4.79 Å². The van der Waals surface area contributed by atoms with Crippen molar-refractivity contribution >= 4 is 23.4 Å². The van der Waals surface area contributed by atoms with Gasteiger partial charge in [0.05, 0.1) is 13.2 Å². The number of carbonyl (C=O) groups excluding carboxylic acids is 1. The van der Waals surface area contributed by atoms with Crippen LogP contribution in [0.1, 0.15) is 41.9 Å². The number of carbonyl (C=O) groups is 1. The Bertz CT molecular complexity index is 1080. The molecule has 4 rings (SSSR count). The molecule has 0 spiro atoms. The molecule has 0 unspecified atom stereocenters. The van der Waals surface area contributed by atoms with Crippen molar-refractivity contribution in [1.82, 2.24) is 14.9 Å². The molecule has 3 aromatic rings. The number of hydrogen-bond donors (Lipinski definition) is 2. The van der Waals surface area contributed by atoms with Crippen molar-refractivity contribution in [3.05, 3.63) is 65.0 Å². The largest absolute Gasteiger partial charge is 0.497 e. The maximum atomic E-state index is 13.4. The molecule has 2 aromatic carbocycles. The van der Waals surface area contributed by atoms with Crippen LogP contribution in [0.15, 0.2) is 47.6 Å². The minimum Gasteiger partial charge on any atom is -0.497 e. The van der Waals surface area contributed by atoms with Crippen molar-refractivity contribution in [2.75, 3.05) is 17.9 Å². The average Bonchev–Trinajstić information content (AvgIpc) is 3.17. The Morgan fingerprint density at radius 1 is 1.16 bits per heavy atom. The fourth-order valence-corrected chi connectivity index (χ4v) is 4.68. The number of hydrogen-bond acceptors (Lipinski definition) is 6. The third-order valence-electron chi connectivity index (χ3n) is 5.49. The summed E-state index contributed by atoms with van der Waals surface area (Å²) in [5.74, 6) is 1.57. The van der Waals surface area contributed by atoms with E-state index in [2.05, 4.69) is 34.8 Å². The number of anilines is 1. The fraction of sp³-hybridized carbons (Fsp3) is 0.348. The Morgan fingerprint density at radius 2 is 1.94 bits per heavy atom. The van der Waals surface area contributed by atoms with Gasteiger partial charge in [0, 0.05) is 12.1 Å². The first-order valence-electron chi connectivity index (χ1n) is 10.4. The van der Waals surface area contributed by atoms with Crippen LogP contribution in [0.4, 0.5) is 5.69 Å². The summed E-state index contributed by atoms with van der Waals surface area (Å²) in [6, 6.07) is 13.5. The van der Waals surface area contributed by atoms with E-state index >= 15 is 0 Å². The highest BCUT2D eigenvalue weighted by atomic mass is 32.2. The van der Waals surface area contributed by atoms with Gasteiger partial charge in [-0.2, -0.15) is 0 Å². The third-order valence-corrected chi connectivity index (χ3v) is 6.70. The Hall–Kier alpha value is -3.00. The van der Waals surface area contributed by atoms with Gasteiger partial charge in [-0.05, 0) is 61.2 Å². The molecule has 0 saturated carbocycles. The van der Waals surface area contributed by atoms with Gasteiger partial charge < -0.3 is 15.5 Å². The number of nitrogens with one attached hydrogen (secondary N) is 2. The van der Waals surface area contributed by atoms with Crippen molar-refractivity contribution in [1.29, 1.82) is 0 Å². The monoisotopic (exact) mass is 437 g/mol. The van der Waals surface area contributed by atoms with Crippen molar-refractivity contribution in [3.8, 4) is 5.75 Å². The molecule has 1 amide bonds. The summed E-state index contributed by atoms with van der Waals surface area (Å²) in [4.78, 5) is 13.4. The van der Waals surface area contributed by atoms with E-state index in [1.165, 1.54) is 17.3 Å². The molecule has 0 saturated heterocycles. The first-order valence-corrected chi connectivity index (χ1v) is 11.3. The normalized spacial score (nSPS) is 17.5. The van der Waals surface area contributed by atoms with Crippen LogP contribution in [0, 0.1) is 13.8 Å². The highest BCUT2D eigenvalue weighted by Gasteiger charge is 2.37. The van der Waals surface area contributed by atoms with Crippen LogP contribution in [-0.2, 0) is 11.2 Å². The van der Waals surface area contributed by atoms with Gasteiger partial charge in [0.25, 0.3) is 0 Å². The average molecular weight is 438 g/mol. The summed E-state index contributed by atoms with van der Waals surface area (Å²) >= 11 is 1.43. The number of aromatic nitrogens is 3. The Kier molecular flexibility index (Phi) is 6.18. The van der Waals surface area contributed by atoms with Crippen LogP contribution in [0.2, 0.25) is 0 Å². The van der Waals surface area contributed by atoms with E-state index in [-0.39, 0.29) is 11.9 Å². The second-order valence-electron chi connectivity index (χ2n) is 7.69. The van der Waals surface area contributed by atoms with Crippen LogP contribution in [-0.4, -0.2) is 33.1 Å². The van der Waals surface area contributed by atoms with Crippen LogP contribution in [0.5, 0.6) is 5.75 Å². The van der Waals surface area contributed by atoms with E-state index in [0.717, 1.165) is 41.2 Å². The summed E-state index contributed by atoms with van der Waals surface area (Å²) in [5.41, 5.74) is 7.61. The molecule has 0 bridgehead atoms. The summed E-state index contributed by atoms with van der Waals surface area (Å²) in [5, 5.41) is 12.0. The van der Waals surface area contributed by atoms with Gasteiger partial charge >= 0.3 is 0 Å². The molecule has 162 valence electrons. The van der Waals surface area contributed by atoms with E-state index < -0.39 is 5.25 Å². The summed E-state index contributed by atoms with van der Waals surface area (Å²) in [6.07, 6.45) is 1.78. The summed E-state index contributed by atoms with van der Waals surface area (Å²) in [6.45, 7) is 6.21. The molecule has 1 aliphatic rings. The molecule has 8 heteroatoms. The summed E-state index contributed by atoms with van der Waals surface area (Å²) < 4.78 is 7.21. The van der Waals surface area contributed by atoms with Crippen LogP contribution < -0.4 is 15.5 Å². The number of ether oxygens (including phenoxy) is 1. The van der Waals surface area contributed by atoms with Gasteiger partial charge in [0.2, 0.25) is 11.1 Å². The molecule has 31 heavy (non-hydrogen) atoms. The molecular formula is C23H27N5O2S. The van der Waals surface area contributed by atoms with Gasteiger partial charge in [-0.3, -0.25) is 4.79 Å². The first kappa shape index (κ1) is 21.2. The maximum absolute atomic E-state index is 13.4. The molecule has 2 N–H and O–H groups in total. The maximum Gasteiger partial charge on any atom is 0.240 e. The molecule has 2 heterocycles. The Balaban J connectivity index is 1.65. The van der Waals surface area contributed by atoms with Crippen molar-refractivity contribution < 1.29 is 9.53 Å². The quantitative estimate of drug-likeness (QED) is 0.600. The van der Waals surface area contributed by atoms with E-state index in [0.29, 0.717) is 5.16 Å². The SMILES string of the molecule is CCCc1nnc2n1N[C@@H](c1ccc(OC)cc1)[C@@H](C(=O)Nc1ccc(C)c(C)c1)S2. The Labute approximate surface area is 186 Å². The molecule has 0 fully saturated rings. The number of nitrogens with zero attached hydrogens (tertiary/aromatic N) is 3. The van der Waals surface area contributed by atoms with Crippen molar-refractivity contribution in [2.24, 2.45) is 0 Å². The second-order valence-corrected chi connectivity index (χ2v) is 8.80. The topological polar surface area (TPSA) is 81.1 Å². The van der Waals surface area contributed by atoms with E-state index in [1.54, 1.807) is 7.11 Å². The highest BCUT2D eigenvalue weighted by Crippen LogP contribution is 2.38. The Morgan fingerprint density at radius 3 is 2.61 bits per heavy atom. The van der Waals surface area contributed by atoms with Crippen LogP contribution in [0.3, 0.4) is 0 Å². The second kappa shape index (κ2) is 9.01. The predicted octanol–water partition coefficient (Wildman–Crippen LogP) is 4.25. The fourth-order valence-electron chi connectivity index (χ4n) is 3.58. The van der Waals surface area contributed by atoms with E-state index in [4.69, 9.17) is 4.74 Å². The highest BCUT2D eigenvalue weighted by molar-refractivity contribution is 8.00. The molecule has 2 atom stereocenters. The van der Waals surface area contributed by atoms with Gasteiger partial charge in [-0.15, -0.1) is 10.2 Å². The van der Waals surface area contributed by atoms with Gasteiger partial charge in [0.1, 0.15) is 11.0 Å². The van der Waals surface area contributed by atoms with E-state index in [1.807, 2.05) is 54.1 Å². The minimum atomic E-state index is -0.416. The lowest BCUT2D eigenvalue weighted by atomic mass is 10.0. The zero-order chi connectivity index (χ0) is 22.0. The number of aryl methyl sites for hydroxylation is 3. The van der Waals surface area contributed by atoms with Gasteiger partial charge in [-0.1, -0.05) is 36.9 Å². The molecule has 7 nitrogen and oxygen atoms in total. The number of benzene rings is 2. The van der Waals surface area contributed by atoms with Gasteiger partial charge in [-0.25, -0.2) is 4.68 Å². The lowest BCUT2D eigenvalue weighted by Crippen LogP contribution is -2.41. The minimum absolute atomic E-state index is 0.0761. The standard InChI is InChI=1S/C23H27N5O2S/c1-5-6-19-25-26-23-28(19)27-20(16-8-11-18(30-4)12-9-16)21(31-23)22(29)24-17-10-7-14(2)15(3)13-17/h7-13,20-21,27H,5-6H2,1-4H3,(H,24,29)/t20-,21-/m0/s1. The predicted molar refractivity (Wildman–Crippen MR) is 123 cm³/mol. The zero-order valence-electron chi connectivity index (χ0n) is 18.2. The lowest BCUT2D eigenvalue weighted by Gasteiger charge is -2.33. The molecule has 1 aromatic heterocycles. The number of amides is 1. The molecule has 1 aliphatic heterocycles. The molecule has 0 aliphatic carbocycles. The number of fused-ring (bicyclic) bond motifs is 1. The van der Waals surface area contributed by atoms with Crippen molar-refractivity contribution in [2.45, 2.75) is 50.1 Å². The first-order chi connectivity index (χ1) is 15.0. The number of methoxy groups -OCH3 is 1. The third kappa shape index (κ3) is 4.39. The zero-order valence-corrected chi connectivity index (χ0v) is 19.0. The van der Waals surface area contributed by atoms with Crippen molar-refractivity contribution in [3.63, 3.8) is 0 Å². The van der Waals surface area contributed by atoms with Gasteiger partial charge in [0.15, 0.2) is 5.82 Å². The molecule has 0 radical (unpaired) electrons. The smallest absolute Gasteiger partial charge is 0.240 e. The number of rotatable bonds is 6. The molecular weight excluding hydrogens is 410 g/mol. The number of thioether (sulfide) groups is 1. The summed E-state index contributed by atoms with van der Waals surface area (Å²) in [7, 11) is 1.64. The lowest BCUT2D eigenvalue weighted by molar-refractivity contribution is -0.116. The van der Waals surface area contributed by atoms with Crippen LogP contribution >= 0.6 is 11.8 Å². The van der Waals surface area contributed by atoms with Crippen LogP contribution in [0.25, 0.3) is 0 Å².